The number of rotatable bonds is 6. The van der Waals surface area contributed by atoms with E-state index in [2.05, 4.69) is 16.3 Å². The quantitative estimate of drug-likeness (QED) is 0.726. The van der Waals surface area contributed by atoms with Crippen LogP contribution in [0.1, 0.15) is 20.8 Å². The molecule has 1 aliphatic heterocycles. The Kier molecular flexibility index (Phi) is 6.92. The molecule has 0 aliphatic carbocycles. The van der Waals surface area contributed by atoms with Crippen LogP contribution in [-0.2, 0) is 9.47 Å². The van der Waals surface area contributed by atoms with Crippen molar-refractivity contribution < 1.29 is 14.3 Å². The normalized spacial score (nSPS) is 14.0. The Balaban J connectivity index is 2.11. The Morgan fingerprint density at radius 3 is 2.82 bits per heavy atom. The lowest BCUT2D eigenvalue weighted by Gasteiger charge is -2.27. The summed E-state index contributed by atoms with van der Waals surface area (Å²) in [7, 11) is 1.59. The van der Waals surface area contributed by atoms with Gasteiger partial charge in [0.05, 0.1) is 25.4 Å². The van der Waals surface area contributed by atoms with Crippen molar-refractivity contribution in [2.45, 2.75) is 6.92 Å². The number of nitrogens with one attached hydrogen (secondary N) is 1. The fourth-order valence-electron chi connectivity index (χ4n) is 3.18. The van der Waals surface area contributed by atoms with E-state index in [0.29, 0.717) is 60.5 Å². The van der Waals surface area contributed by atoms with Gasteiger partial charge in [-0.1, -0.05) is 17.7 Å². The molecular formula is C20H22ClN3O3S. The van der Waals surface area contributed by atoms with Gasteiger partial charge < -0.3 is 19.7 Å². The molecule has 0 bridgehead atoms. The van der Waals surface area contributed by atoms with Crippen LogP contribution >= 0.6 is 22.9 Å². The van der Waals surface area contributed by atoms with Crippen LogP contribution < -0.4 is 10.2 Å². The molecule has 3 rings (SSSR count). The van der Waals surface area contributed by atoms with Gasteiger partial charge in [0.25, 0.3) is 5.91 Å². The predicted molar refractivity (Wildman–Crippen MR) is 111 cm³/mol. The third-order valence-electron chi connectivity index (χ3n) is 4.56. The van der Waals surface area contributed by atoms with Crippen molar-refractivity contribution in [1.82, 2.24) is 5.32 Å². The smallest absolute Gasteiger partial charge is 0.262 e. The zero-order valence-electron chi connectivity index (χ0n) is 15.9. The highest BCUT2D eigenvalue weighted by atomic mass is 35.5. The average Bonchev–Trinajstić information content (AvgIpc) is 3.08. The van der Waals surface area contributed by atoms with Crippen LogP contribution in [0.3, 0.4) is 0 Å². The molecule has 6 nitrogen and oxygen atoms in total. The Morgan fingerprint density at radius 1 is 1.43 bits per heavy atom. The van der Waals surface area contributed by atoms with E-state index in [1.54, 1.807) is 13.2 Å². The second kappa shape index (κ2) is 9.39. The first-order valence-electron chi connectivity index (χ1n) is 9.00. The number of hydrogen-bond donors (Lipinski definition) is 1. The van der Waals surface area contributed by atoms with Gasteiger partial charge in [-0.3, -0.25) is 4.79 Å². The Bertz CT molecular complexity index is 901. The number of hydrogen-bond acceptors (Lipinski definition) is 6. The molecule has 1 fully saturated rings. The zero-order chi connectivity index (χ0) is 20.1. The number of aryl methyl sites for hydroxylation is 1. The first-order valence-corrected chi connectivity index (χ1v) is 10.2. The van der Waals surface area contributed by atoms with Crippen LogP contribution in [0, 0.1) is 18.3 Å². The molecule has 0 atom stereocenters. The highest BCUT2D eigenvalue weighted by Gasteiger charge is 2.28. The van der Waals surface area contributed by atoms with Gasteiger partial charge in [0.15, 0.2) is 0 Å². The number of carbonyl (C=O) groups is 1. The lowest BCUT2D eigenvalue weighted by Crippen LogP contribution is -2.36. The minimum Gasteiger partial charge on any atom is -0.383 e. The van der Waals surface area contributed by atoms with Crippen LogP contribution in [0.4, 0.5) is 5.00 Å². The molecule has 1 aliphatic rings. The van der Waals surface area contributed by atoms with Gasteiger partial charge in [0.2, 0.25) is 0 Å². The third kappa shape index (κ3) is 4.31. The summed E-state index contributed by atoms with van der Waals surface area (Å²) >= 11 is 7.47. The van der Waals surface area contributed by atoms with E-state index in [0.717, 1.165) is 16.1 Å². The molecule has 148 valence electrons. The maximum atomic E-state index is 12.9. The first kappa shape index (κ1) is 20.6. The molecule has 1 aromatic carbocycles. The van der Waals surface area contributed by atoms with Crippen molar-refractivity contribution in [2.75, 3.05) is 51.5 Å². The summed E-state index contributed by atoms with van der Waals surface area (Å²) in [5.74, 6) is -0.206. The van der Waals surface area contributed by atoms with Crippen molar-refractivity contribution in [1.29, 1.82) is 5.26 Å². The number of benzene rings is 1. The van der Waals surface area contributed by atoms with E-state index in [4.69, 9.17) is 21.1 Å². The number of morpholine rings is 1. The molecular weight excluding hydrogens is 398 g/mol. The largest absolute Gasteiger partial charge is 0.383 e. The number of ether oxygens (including phenoxy) is 2. The summed E-state index contributed by atoms with van der Waals surface area (Å²) in [5.41, 5.74) is 2.95. The van der Waals surface area contributed by atoms with Crippen LogP contribution in [-0.4, -0.2) is 52.5 Å². The van der Waals surface area contributed by atoms with Crippen LogP contribution in [0.5, 0.6) is 0 Å². The molecule has 0 spiro atoms. The van der Waals surface area contributed by atoms with Gasteiger partial charge in [0.1, 0.15) is 15.9 Å². The topological polar surface area (TPSA) is 74.6 Å². The van der Waals surface area contributed by atoms with Crippen molar-refractivity contribution >= 4 is 33.8 Å². The number of halogens is 1. The van der Waals surface area contributed by atoms with Gasteiger partial charge in [-0.05, 0) is 30.2 Å². The number of nitrogens with zero attached hydrogens (tertiary/aromatic N) is 2. The van der Waals surface area contributed by atoms with E-state index in [1.807, 2.05) is 19.1 Å². The van der Waals surface area contributed by atoms with E-state index in [-0.39, 0.29) is 5.91 Å². The van der Waals surface area contributed by atoms with Gasteiger partial charge in [-0.15, -0.1) is 11.3 Å². The number of amides is 1. The highest BCUT2D eigenvalue weighted by molar-refractivity contribution is 7.19. The minimum atomic E-state index is -0.206. The van der Waals surface area contributed by atoms with Crippen LogP contribution in [0.15, 0.2) is 18.2 Å². The Labute approximate surface area is 173 Å². The van der Waals surface area contributed by atoms with Crippen molar-refractivity contribution in [3.05, 3.63) is 39.2 Å². The van der Waals surface area contributed by atoms with E-state index in [1.165, 1.54) is 11.3 Å². The summed E-state index contributed by atoms with van der Waals surface area (Å²) < 4.78 is 10.5. The molecule has 1 N–H and O–H groups in total. The van der Waals surface area contributed by atoms with E-state index < -0.39 is 0 Å². The molecule has 1 aromatic heterocycles. The van der Waals surface area contributed by atoms with Crippen molar-refractivity contribution in [3.63, 3.8) is 0 Å². The summed E-state index contributed by atoms with van der Waals surface area (Å²) in [6.07, 6.45) is 0. The van der Waals surface area contributed by atoms with E-state index >= 15 is 0 Å². The predicted octanol–water partition coefficient (Wildman–Crippen LogP) is 3.46. The molecule has 1 amide bonds. The van der Waals surface area contributed by atoms with Gasteiger partial charge in [-0.25, -0.2) is 0 Å². The van der Waals surface area contributed by atoms with Crippen molar-refractivity contribution in [2.24, 2.45) is 0 Å². The van der Waals surface area contributed by atoms with Crippen molar-refractivity contribution in [3.8, 4) is 17.2 Å². The molecule has 0 saturated carbocycles. The Morgan fingerprint density at radius 2 is 2.18 bits per heavy atom. The summed E-state index contributed by atoms with van der Waals surface area (Å²) in [4.78, 5) is 15.6. The molecule has 0 radical (unpaired) electrons. The molecule has 1 saturated heterocycles. The monoisotopic (exact) mass is 419 g/mol. The summed E-state index contributed by atoms with van der Waals surface area (Å²) in [6.45, 7) is 5.36. The highest BCUT2D eigenvalue weighted by Crippen LogP contribution is 2.43. The first-order chi connectivity index (χ1) is 13.6. The molecule has 2 heterocycles. The van der Waals surface area contributed by atoms with Gasteiger partial charge in [-0.2, -0.15) is 5.26 Å². The Hall–Kier alpha value is -2.11. The van der Waals surface area contributed by atoms with Gasteiger partial charge >= 0.3 is 0 Å². The average molecular weight is 420 g/mol. The number of thiophene rings is 1. The maximum absolute atomic E-state index is 12.9. The van der Waals surface area contributed by atoms with Crippen LogP contribution in [0.25, 0.3) is 11.1 Å². The van der Waals surface area contributed by atoms with Crippen LogP contribution in [0.2, 0.25) is 5.02 Å². The zero-order valence-corrected chi connectivity index (χ0v) is 17.5. The molecule has 8 heteroatoms. The summed E-state index contributed by atoms with van der Waals surface area (Å²) in [6, 6.07) is 7.83. The molecule has 2 aromatic rings. The fraction of sp³-hybridized carbons (Fsp3) is 0.400. The second-order valence-corrected chi connectivity index (χ2v) is 7.84. The number of anilines is 1. The molecule has 0 unspecified atom stereocenters. The van der Waals surface area contributed by atoms with E-state index in [9.17, 15) is 10.1 Å². The lowest BCUT2D eigenvalue weighted by molar-refractivity contribution is 0.0941. The molecule has 28 heavy (non-hydrogen) atoms. The summed E-state index contributed by atoms with van der Waals surface area (Å²) in [5, 5.41) is 14.3. The lowest BCUT2D eigenvalue weighted by atomic mass is 9.97. The SMILES string of the molecule is COCCNC(=O)c1sc(N2CCOCC2)c(C#N)c1-c1ccc(Cl)cc1C. The van der Waals surface area contributed by atoms with Gasteiger partial charge in [0, 0.05) is 37.3 Å². The standard InChI is InChI=1S/C20H22ClN3O3S/c1-13-11-14(21)3-4-15(13)17-16(12-22)20(24-6-9-27-10-7-24)28-18(17)19(25)23-5-8-26-2/h3-4,11H,5-10H2,1-2H3,(H,23,25). The number of methoxy groups -OCH3 is 1. The second-order valence-electron chi connectivity index (χ2n) is 6.41. The minimum absolute atomic E-state index is 0.206. The number of nitriles is 1. The maximum Gasteiger partial charge on any atom is 0.262 e. The third-order valence-corrected chi connectivity index (χ3v) is 6.04. The fourth-order valence-corrected chi connectivity index (χ4v) is 4.64. The number of carbonyl (C=O) groups excluding carboxylic acids is 1.